The monoisotopic (exact) mass is 470 g/mol. The maximum Gasteiger partial charge on any atom is 0.331 e. The summed E-state index contributed by atoms with van der Waals surface area (Å²) in [6.07, 6.45) is 2.73. The summed E-state index contributed by atoms with van der Waals surface area (Å²) >= 11 is 0. The molecule has 0 aromatic heterocycles. The van der Waals surface area contributed by atoms with Crippen LogP contribution in [0, 0.1) is 28.1 Å². The Morgan fingerprint density at radius 1 is 1.00 bits per heavy atom. The van der Waals surface area contributed by atoms with Gasteiger partial charge < -0.3 is 18.9 Å². The van der Waals surface area contributed by atoms with Gasteiger partial charge in [0.1, 0.15) is 18.3 Å². The molecule has 2 heterocycles. The summed E-state index contributed by atoms with van der Waals surface area (Å²) in [7, 11) is 3.23. The quantitative estimate of drug-likeness (QED) is 0.462. The third-order valence-electron chi connectivity index (χ3n) is 9.77. The molecule has 34 heavy (non-hydrogen) atoms. The van der Waals surface area contributed by atoms with Crippen molar-refractivity contribution >= 4 is 17.7 Å². The Kier molecular flexibility index (Phi) is 5.09. The standard InChI is InChI=1S/C27H34O7/c1-13-8-16(31-6)23(30)26(4)15(13)10-19-27(5)18(11-21(29)33-19)25(3,12-17(32-7)22(26)27)24-14(2)9-20(28)34-24/h9,11,15-17,19,22,24H,1,8,10,12H2,2-7H3/t15-,16-,17+,19+,22+,24+,25+,26-,27+/m0/s1. The Morgan fingerprint density at radius 2 is 1.68 bits per heavy atom. The Balaban J connectivity index is 1.73. The van der Waals surface area contributed by atoms with E-state index < -0.39 is 40.5 Å². The molecule has 0 spiro atoms. The van der Waals surface area contributed by atoms with E-state index in [0.717, 1.165) is 16.7 Å². The number of fused-ring (bicyclic) bond motifs is 2. The summed E-state index contributed by atoms with van der Waals surface area (Å²) in [5.74, 6) is -1.13. The molecule has 7 nitrogen and oxygen atoms in total. The minimum atomic E-state index is -0.802. The molecule has 7 heteroatoms. The number of carbonyl (C=O) groups excluding carboxylic acids is 3. The largest absolute Gasteiger partial charge is 0.458 e. The summed E-state index contributed by atoms with van der Waals surface area (Å²) in [6.45, 7) is 12.4. The third-order valence-corrected chi connectivity index (χ3v) is 9.77. The molecular formula is C27H34O7. The van der Waals surface area contributed by atoms with Gasteiger partial charge in [-0.15, -0.1) is 0 Å². The number of Topliss-reactive ketones (excluding diaryl/α,β-unsaturated/α-hetero) is 1. The molecular weight excluding hydrogens is 436 g/mol. The second-order valence-electron chi connectivity index (χ2n) is 11.4. The van der Waals surface area contributed by atoms with E-state index in [1.807, 2.05) is 20.8 Å². The molecule has 0 unspecified atom stereocenters. The number of rotatable bonds is 3. The van der Waals surface area contributed by atoms with Crippen molar-refractivity contribution in [2.24, 2.45) is 28.1 Å². The Bertz CT molecular complexity index is 1060. The zero-order valence-electron chi connectivity index (χ0n) is 20.8. The Morgan fingerprint density at radius 3 is 2.26 bits per heavy atom. The molecule has 2 aliphatic heterocycles. The fraction of sp³-hybridized carbons (Fsp3) is 0.667. The first-order valence-corrected chi connectivity index (χ1v) is 12.0. The van der Waals surface area contributed by atoms with Crippen molar-refractivity contribution in [2.75, 3.05) is 14.2 Å². The Labute approximate surface area is 200 Å². The van der Waals surface area contributed by atoms with Crippen LogP contribution < -0.4 is 0 Å². The van der Waals surface area contributed by atoms with Crippen LogP contribution in [0.3, 0.4) is 0 Å². The molecule has 0 aromatic carbocycles. The number of cyclic esters (lactones) is 1. The molecule has 0 N–H and O–H groups in total. The topological polar surface area (TPSA) is 88.1 Å². The molecule has 0 bridgehead atoms. The number of methoxy groups -OCH3 is 2. The first-order valence-electron chi connectivity index (χ1n) is 12.0. The van der Waals surface area contributed by atoms with Crippen molar-refractivity contribution in [3.63, 3.8) is 0 Å². The SMILES string of the molecule is C=C1C[C@H](OC)C(=O)[C@]2(C)[C@H]3[C@H](OC)C[C@@](C)([C@@H]4OC(=O)C=C4C)C4=CC(=O)O[C@H](C[C@@H]12)[C@@]43C. The molecule has 3 fully saturated rings. The predicted molar refractivity (Wildman–Crippen MR) is 122 cm³/mol. The van der Waals surface area contributed by atoms with E-state index in [-0.39, 0.29) is 29.7 Å². The van der Waals surface area contributed by atoms with E-state index in [0.29, 0.717) is 19.3 Å². The molecule has 0 amide bonds. The van der Waals surface area contributed by atoms with E-state index in [1.54, 1.807) is 20.3 Å². The Hall–Kier alpha value is -2.25. The van der Waals surface area contributed by atoms with Crippen LogP contribution in [0.4, 0.5) is 0 Å². The minimum absolute atomic E-state index is 0.0577. The van der Waals surface area contributed by atoms with Gasteiger partial charge in [0.2, 0.25) is 0 Å². The van der Waals surface area contributed by atoms with Crippen molar-refractivity contribution < 1.29 is 33.3 Å². The van der Waals surface area contributed by atoms with Crippen LogP contribution in [-0.2, 0) is 33.3 Å². The summed E-state index contributed by atoms with van der Waals surface area (Å²) in [6, 6.07) is 0. The van der Waals surface area contributed by atoms with Crippen molar-refractivity contribution in [3.05, 3.63) is 35.5 Å². The number of carbonyl (C=O) groups is 3. The lowest BCUT2D eigenvalue weighted by atomic mass is 9.38. The maximum absolute atomic E-state index is 14.0. The number of hydrogen-bond donors (Lipinski definition) is 0. The maximum atomic E-state index is 14.0. The molecule has 3 aliphatic carbocycles. The summed E-state index contributed by atoms with van der Waals surface area (Å²) in [4.78, 5) is 39.0. The van der Waals surface area contributed by atoms with E-state index in [1.165, 1.54) is 6.08 Å². The summed E-state index contributed by atoms with van der Waals surface area (Å²) in [5.41, 5.74) is 0.480. The summed E-state index contributed by atoms with van der Waals surface area (Å²) in [5, 5.41) is 0. The number of esters is 2. The smallest absolute Gasteiger partial charge is 0.331 e. The molecule has 5 aliphatic rings. The highest BCUT2D eigenvalue weighted by atomic mass is 16.6. The highest BCUT2D eigenvalue weighted by Crippen LogP contribution is 2.70. The number of hydrogen-bond acceptors (Lipinski definition) is 7. The number of ether oxygens (including phenoxy) is 4. The van der Waals surface area contributed by atoms with Gasteiger partial charge in [0.05, 0.1) is 6.10 Å². The zero-order valence-corrected chi connectivity index (χ0v) is 20.8. The second kappa shape index (κ2) is 7.37. The van der Waals surface area contributed by atoms with Gasteiger partial charge in [-0.05, 0) is 36.8 Å². The predicted octanol–water partition coefficient (Wildman–Crippen LogP) is 3.33. The fourth-order valence-corrected chi connectivity index (χ4v) is 8.43. The van der Waals surface area contributed by atoms with Crippen LogP contribution >= 0.6 is 0 Å². The van der Waals surface area contributed by atoms with Crippen LogP contribution in [-0.4, -0.2) is 56.4 Å². The van der Waals surface area contributed by atoms with E-state index in [2.05, 4.69) is 13.5 Å². The number of ketones is 1. The van der Waals surface area contributed by atoms with E-state index in [9.17, 15) is 14.4 Å². The van der Waals surface area contributed by atoms with Gasteiger partial charge in [0, 0.05) is 55.0 Å². The zero-order chi connectivity index (χ0) is 24.8. The first-order chi connectivity index (χ1) is 15.9. The van der Waals surface area contributed by atoms with Gasteiger partial charge in [-0.25, -0.2) is 9.59 Å². The van der Waals surface area contributed by atoms with Gasteiger partial charge in [-0.2, -0.15) is 0 Å². The highest BCUT2D eigenvalue weighted by molar-refractivity contribution is 5.92. The molecule has 9 atom stereocenters. The van der Waals surface area contributed by atoms with Crippen LogP contribution in [0.2, 0.25) is 0 Å². The second-order valence-corrected chi connectivity index (χ2v) is 11.4. The van der Waals surface area contributed by atoms with Crippen LogP contribution in [0.1, 0.15) is 47.0 Å². The average Bonchev–Trinajstić information content (AvgIpc) is 3.12. The first kappa shape index (κ1) is 23.5. The van der Waals surface area contributed by atoms with Gasteiger partial charge in [0.15, 0.2) is 5.78 Å². The van der Waals surface area contributed by atoms with Crippen LogP contribution in [0.25, 0.3) is 0 Å². The summed E-state index contributed by atoms with van der Waals surface area (Å²) < 4.78 is 23.5. The van der Waals surface area contributed by atoms with Gasteiger partial charge in [-0.1, -0.05) is 32.9 Å². The molecule has 3 saturated carbocycles. The van der Waals surface area contributed by atoms with E-state index >= 15 is 0 Å². The molecule has 0 saturated heterocycles. The normalized spacial score (nSPS) is 47.8. The van der Waals surface area contributed by atoms with Crippen molar-refractivity contribution in [2.45, 2.75) is 71.4 Å². The lowest BCUT2D eigenvalue weighted by molar-refractivity contribution is -0.221. The lowest BCUT2D eigenvalue weighted by Crippen LogP contribution is -2.71. The molecule has 0 aromatic rings. The van der Waals surface area contributed by atoms with Gasteiger partial charge in [0.25, 0.3) is 0 Å². The van der Waals surface area contributed by atoms with Crippen molar-refractivity contribution in [1.29, 1.82) is 0 Å². The van der Waals surface area contributed by atoms with Gasteiger partial charge >= 0.3 is 11.9 Å². The minimum Gasteiger partial charge on any atom is -0.458 e. The average molecular weight is 471 g/mol. The lowest BCUT2D eigenvalue weighted by Gasteiger charge is -2.68. The third kappa shape index (κ3) is 2.74. The van der Waals surface area contributed by atoms with Crippen molar-refractivity contribution in [1.82, 2.24) is 0 Å². The van der Waals surface area contributed by atoms with Crippen LogP contribution in [0.5, 0.6) is 0 Å². The molecule has 184 valence electrons. The van der Waals surface area contributed by atoms with Crippen molar-refractivity contribution in [3.8, 4) is 0 Å². The highest BCUT2D eigenvalue weighted by Gasteiger charge is 2.73. The van der Waals surface area contributed by atoms with Gasteiger partial charge in [-0.3, -0.25) is 4.79 Å². The molecule has 0 radical (unpaired) electrons. The fourth-order valence-electron chi connectivity index (χ4n) is 8.43. The van der Waals surface area contributed by atoms with E-state index in [4.69, 9.17) is 18.9 Å². The van der Waals surface area contributed by atoms with Crippen LogP contribution in [0.15, 0.2) is 35.5 Å². The molecule has 5 rings (SSSR count).